The number of nitrogens with zero attached hydrogens (tertiary/aromatic N) is 3. The third-order valence-corrected chi connectivity index (χ3v) is 7.27. The second-order valence-electron chi connectivity index (χ2n) is 8.20. The Morgan fingerprint density at radius 3 is 2.51 bits per heavy atom. The van der Waals surface area contributed by atoms with Gasteiger partial charge < -0.3 is 15.2 Å². The zero-order chi connectivity index (χ0) is 25.7. The van der Waals surface area contributed by atoms with Gasteiger partial charge in [-0.15, -0.1) is 10.2 Å². The van der Waals surface area contributed by atoms with Crippen LogP contribution in [0.2, 0.25) is 10.0 Å². The summed E-state index contributed by atoms with van der Waals surface area (Å²) in [5.41, 5.74) is 2.06. The van der Waals surface area contributed by atoms with Crippen molar-refractivity contribution in [3.8, 4) is 0 Å². The molecular weight excluding hydrogens is 573 g/mol. The zero-order valence-corrected chi connectivity index (χ0v) is 23.6. The van der Waals surface area contributed by atoms with Gasteiger partial charge in [-0.1, -0.05) is 64.7 Å². The second-order valence-corrected chi connectivity index (χ2v) is 10.9. The molecule has 0 spiro atoms. The van der Waals surface area contributed by atoms with E-state index in [9.17, 15) is 9.59 Å². The van der Waals surface area contributed by atoms with E-state index in [4.69, 9.17) is 23.2 Å². The number of anilines is 1. The highest BCUT2D eigenvalue weighted by atomic mass is 79.9. The zero-order valence-electron chi connectivity index (χ0n) is 19.7. The van der Waals surface area contributed by atoms with E-state index < -0.39 is 6.04 Å². The molecule has 0 radical (unpaired) electrons. The number of amides is 2. The number of halogens is 3. The van der Waals surface area contributed by atoms with Crippen LogP contribution in [0.5, 0.6) is 0 Å². The number of hydrogen-bond donors (Lipinski definition) is 2. The SMILES string of the molecule is CCn1c(SCC(=O)Nc2ccc(Br)cc2C)nnc1[C@@H](NC(=O)c1ccc(Cl)cc1Cl)C(C)C. The number of aromatic nitrogens is 3. The molecule has 0 saturated heterocycles. The maximum Gasteiger partial charge on any atom is 0.253 e. The molecular formula is C24H26BrCl2N5O2S. The Morgan fingerprint density at radius 1 is 1.14 bits per heavy atom. The van der Waals surface area contributed by atoms with Gasteiger partial charge in [0.2, 0.25) is 5.91 Å². The third kappa shape index (κ3) is 7.00. The molecule has 0 aliphatic rings. The molecule has 2 aromatic carbocycles. The first-order chi connectivity index (χ1) is 16.6. The molecule has 2 amide bonds. The topological polar surface area (TPSA) is 88.9 Å². The van der Waals surface area contributed by atoms with Crippen LogP contribution in [0.3, 0.4) is 0 Å². The van der Waals surface area contributed by atoms with Crippen LogP contribution in [0.4, 0.5) is 5.69 Å². The summed E-state index contributed by atoms with van der Waals surface area (Å²) in [6.45, 7) is 8.47. The smallest absolute Gasteiger partial charge is 0.253 e. The number of carbonyl (C=O) groups excluding carboxylic acids is 2. The van der Waals surface area contributed by atoms with Crippen LogP contribution in [0, 0.1) is 12.8 Å². The lowest BCUT2D eigenvalue weighted by atomic mass is 10.0. The van der Waals surface area contributed by atoms with Gasteiger partial charge in [0.1, 0.15) is 0 Å². The molecule has 0 aliphatic heterocycles. The van der Waals surface area contributed by atoms with Crippen molar-refractivity contribution in [3.05, 3.63) is 67.9 Å². The minimum absolute atomic E-state index is 0.0288. The van der Waals surface area contributed by atoms with Crippen molar-refractivity contribution >= 4 is 68.4 Å². The van der Waals surface area contributed by atoms with Gasteiger partial charge in [0.25, 0.3) is 5.91 Å². The molecule has 3 aromatic rings. The van der Waals surface area contributed by atoms with E-state index in [1.807, 2.05) is 50.5 Å². The normalized spacial score (nSPS) is 12.0. The van der Waals surface area contributed by atoms with Crippen LogP contribution in [0.15, 0.2) is 46.0 Å². The van der Waals surface area contributed by atoms with Gasteiger partial charge in [-0.25, -0.2) is 0 Å². The molecule has 0 aliphatic carbocycles. The second kappa shape index (κ2) is 12.3. The highest BCUT2D eigenvalue weighted by Gasteiger charge is 2.27. The summed E-state index contributed by atoms with van der Waals surface area (Å²) < 4.78 is 2.87. The molecule has 186 valence electrons. The molecule has 0 fully saturated rings. The van der Waals surface area contributed by atoms with E-state index in [0.717, 1.165) is 15.7 Å². The fraction of sp³-hybridized carbons (Fsp3) is 0.333. The largest absolute Gasteiger partial charge is 0.342 e. The maximum atomic E-state index is 13.0. The molecule has 7 nitrogen and oxygen atoms in total. The first-order valence-corrected chi connectivity index (χ1v) is 13.5. The Morgan fingerprint density at radius 2 is 1.89 bits per heavy atom. The Labute approximate surface area is 227 Å². The van der Waals surface area contributed by atoms with E-state index in [0.29, 0.717) is 28.1 Å². The molecule has 2 N–H and O–H groups in total. The van der Waals surface area contributed by atoms with E-state index in [1.54, 1.807) is 12.1 Å². The predicted octanol–water partition coefficient (Wildman–Crippen LogP) is 6.53. The molecule has 0 bridgehead atoms. The molecule has 1 heterocycles. The van der Waals surface area contributed by atoms with Crippen molar-refractivity contribution in [2.75, 3.05) is 11.1 Å². The van der Waals surface area contributed by atoms with Gasteiger partial charge in [-0.2, -0.15) is 0 Å². The minimum atomic E-state index is -0.407. The van der Waals surface area contributed by atoms with E-state index in [1.165, 1.54) is 17.8 Å². The summed E-state index contributed by atoms with van der Waals surface area (Å²) in [6.07, 6.45) is 0. The Kier molecular flexibility index (Phi) is 9.63. The molecule has 0 saturated carbocycles. The highest BCUT2D eigenvalue weighted by Crippen LogP contribution is 2.27. The van der Waals surface area contributed by atoms with Crippen LogP contribution in [0.25, 0.3) is 0 Å². The number of carbonyl (C=O) groups is 2. The van der Waals surface area contributed by atoms with Gasteiger partial charge >= 0.3 is 0 Å². The number of rotatable bonds is 9. The van der Waals surface area contributed by atoms with Crippen molar-refractivity contribution in [1.82, 2.24) is 20.1 Å². The summed E-state index contributed by atoms with van der Waals surface area (Å²) in [6, 6.07) is 10.0. The van der Waals surface area contributed by atoms with Crippen LogP contribution < -0.4 is 10.6 Å². The Balaban J connectivity index is 1.73. The van der Waals surface area contributed by atoms with Crippen LogP contribution in [-0.2, 0) is 11.3 Å². The minimum Gasteiger partial charge on any atom is -0.342 e. The summed E-state index contributed by atoms with van der Waals surface area (Å²) in [5, 5.41) is 16.0. The van der Waals surface area contributed by atoms with Gasteiger partial charge in [0, 0.05) is 21.7 Å². The summed E-state index contributed by atoms with van der Waals surface area (Å²) in [7, 11) is 0. The van der Waals surface area contributed by atoms with Gasteiger partial charge in [-0.05, 0) is 61.7 Å². The number of nitrogens with one attached hydrogen (secondary N) is 2. The number of thioether (sulfide) groups is 1. The van der Waals surface area contributed by atoms with Crippen molar-refractivity contribution in [1.29, 1.82) is 0 Å². The monoisotopic (exact) mass is 597 g/mol. The van der Waals surface area contributed by atoms with E-state index in [-0.39, 0.29) is 28.5 Å². The average molecular weight is 599 g/mol. The third-order valence-electron chi connectivity index (χ3n) is 5.26. The Bertz CT molecular complexity index is 1230. The van der Waals surface area contributed by atoms with E-state index in [2.05, 4.69) is 36.8 Å². The lowest BCUT2D eigenvalue weighted by Gasteiger charge is -2.22. The van der Waals surface area contributed by atoms with Crippen molar-refractivity contribution in [2.24, 2.45) is 5.92 Å². The molecule has 0 unspecified atom stereocenters. The first kappa shape index (κ1) is 27.5. The van der Waals surface area contributed by atoms with Crippen LogP contribution in [-0.4, -0.2) is 32.3 Å². The lowest BCUT2D eigenvalue weighted by Crippen LogP contribution is -2.34. The van der Waals surface area contributed by atoms with Crippen LogP contribution in [0.1, 0.15) is 48.6 Å². The molecule has 35 heavy (non-hydrogen) atoms. The van der Waals surface area contributed by atoms with Gasteiger partial charge in [0.05, 0.1) is 22.4 Å². The van der Waals surface area contributed by atoms with Crippen molar-refractivity contribution in [3.63, 3.8) is 0 Å². The highest BCUT2D eigenvalue weighted by molar-refractivity contribution is 9.10. The first-order valence-electron chi connectivity index (χ1n) is 11.0. The molecule has 1 atom stereocenters. The number of benzene rings is 2. The molecule has 3 rings (SSSR count). The standard InChI is InChI=1S/C24H26BrCl2N5O2S/c1-5-32-22(21(13(2)3)29-23(34)17-8-7-16(26)11-18(17)27)30-31-24(32)35-12-20(33)28-19-9-6-15(25)10-14(19)4/h6-11,13,21H,5,12H2,1-4H3,(H,28,33)(H,29,34)/t21-/m0/s1. The molecule has 1 aromatic heterocycles. The number of hydrogen-bond acceptors (Lipinski definition) is 5. The average Bonchev–Trinajstić information content (AvgIpc) is 3.20. The summed E-state index contributed by atoms with van der Waals surface area (Å²) in [4.78, 5) is 25.5. The maximum absolute atomic E-state index is 13.0. The fourth-order valence-corrected chi connectivity index (χ4v) is 5.22. The lowest BCUT2D eigenvalue weighted by molar-refractivity contribution is -0.113. The Hall–Kier alpha value is -2.07. The number of aryl methyl sites for hydroxylation is 1. The molecule has 11 heteroatoms. The quantitative estimate of drug-likeness (QED) is 0.273. The van der Waals surface area contributed by atoms with E-state index >= 15 is 0 Å². The summed E-state index contributed by atoms with van der Waals surface area (Å²) >= 11 is 16.9. The summed E-state index contributed by atoms with van der Waals surface area (Å²) in [5.74, 6) is 0.356. The van der Waals surface area contributed by atoms with Crippen molar-refractivity contribution in [2.45, 2.75) is 45.4 Å². The predicted molar refractivity (Wildman–Crippen MR) is 145 cm³/mol. The van der Waals surface area contributed by atoms with Gasteiger partial charge in [-0.3, -0.25) is 9.59 Å². The van der Waals surface area contributed by atoms with Crippen LogP contribution >= 0.6 is 50.9 Å². The fourth-order valence-electron chi connectivity index (χ4n) is 3.44. The van der Waals surface area contributed by atoms with Gasteiger partial charge in [0.15, 0.2) is 11.0 Å². The van der Waals surface area contributed by atoms with Crippen molar-refractivity contribution < 1.29 is 9.59 Å².